The first kappa shape index (κ1) is 22.2. The number of aromatic amines is 1. The highest BCUT2D eigenvalue weighted by molar-refractivity contribution is 8.08. The molecule has 0 saturated carbocycles. The predicted octanol–water partition coefficient (Wildman–Crippen LogP) is 7.80. The molecule has 4 heteroatoms. The molecule has 4 aromatic rings. The standard InChI is InChI=1S/C30H27N3S/c1-21-28(22(2)33-32-21)31-20-27-19-26(18-23-12-6-3-7-13-23)29(24-14-8-4-9-15-24)34-30(27)25-16-10-5-11-17-25/h3-17,19-20,29H,18H2,1-2H3,(H,32,33)/t29-/m1/s1. The summed E-state index contributed by atoms with van der Waals surface area (Å²) in [6.45, 7) is 4.00. The Kier molecular flexibility index (Phi) is 6.59. The molecule has 0 amide bonds. The first-order valence-electron chi connectivity index (χ1n) is 11.5. The summed E-state index contributed by atoms with van der Waals surface area (Å²) < 4.78 is 0. The lowest BCUT2D eigenvalue weighted by Gasteiger charge is -2.28. The van der Waals surface area contributed by atoms with E-state index < -0.39 is 0 Å². The highest BCUT2D eigenvalue weighted by Crippen LogP contribution is 2.50. The molecule has 34 heavy (non-hydrogen) atoms. The predicted molar refractivity (Wildman–Crippen MR) is 145 cm³/mol. The molecular weight excluding hydrogens is 434 g/mol. The molecule has 0 spiro atoms. The fourth-order valence-corrected chi connectivity index (χ4v) is 5.63. The van der Waals surface area contributed by atoms with E-state index in [0.717, 1.165) is 29.1 Å². The van der Waals surface area contributed by atoms with Crippen LogP contribution in [0.15, 0.2) is 113 Å². The zero-order valence-electron chi connectivity index (χ0n) is 19.4. The molecule has 0 unspecified atom stereocenters. The second-order valence-corrected chi connectivity index (χ2v) is 9.60. The number of nitrogens with one attached hydrogen (secondary N) is 1. The number of thioether (sulfide) groups is 1. The number of H-pyrrole nitrogens is 1. The summed E-state index contributed by atoms with van der Waals surface area (Å²) in [7, 11) is 0. The van der Waals surface area contributed by atoms with Crippen LogP contribution in [0.1, 0.15) is 33.3 Å². The van der Waals surface area contributed by atoms with Gasteiger partial charge < -0.3 is 0 Å². The molecule has 0 aliphatic carbocycles. The lowest BCUT2D eigenvalue weighted by molar-refractivity contribution is 1.01. The van der Waals surface area contributed by atoms with Crippen LogP contribution in [0, 0.1) is 13.8 Å². The molecule has 1 aromatic heterocycles. The van der Waals surface area contributed by atoms with Gasteiger partial charge in [-0.2, -0.15) is 5.10 Å². The quantitative estimate of drug-likeness (QED) is 0.298. The fraction of sp³-hybridized carbons (Fsp3) is 0.133. The van der Waals surface area contributed by atoms with Crippen LogP contribution in [0.3, 0.4) is 0 Å². The Morgan fingerprint density at radius 1 is 0.882 bits per heavy atom. The number of allylic oxidation sites excluding steroid dienone is 2. The van der Waals surface area contributed by atoms with Gasteiger partial charge in [-0.05, 0) is 42.5 Å². The molecule has 1 aliphatic rings. The van der Waals surface area contributed by atoms with Crippen LogP contribution in [0.4, 0.5) is 5.69 Å². The minimum Gasteiger partial charge on any atom is -0.280 e. The lowest BCUT2D eigenvalue weighted by atomic mass is 9.94. The number of aromatic nitrogens is 2. The smallest absolute Gasteiger partial charge is 0.106 e. The minimum atomic E-state index is 0.242. The maximum absolute atomic E-state index is 4.87. The van der Waals surface area contributed by atoms with Gasteiger partial charge in [-0.25, -0.2) is 0 Å². The van der Waals surface area contributed by atoms with Gasteiger partial charge in [0.15, 0.2) is 0 Å². The normalized spacial score (nSPS) is 16.2. The van der Waals surface area contributed by atoms with Crippen LogP contribution in [0.5, 0.6) is 0 Å². The van der Waals surface area contributed by atoms with Crippen LogP contribution >= 0.6 is 11.8 Å². The van der Waals surface area contributed by atoms with Crippen LogP contribution in [-0.2, 0) is 6.42 Å². The van der Waals surface area contributed by atoms with Crippen molar-refractivity contribution >= 4 is 28.6 Å². The topological polar surface area (TPSA) is 41.0 Å². The Morgan fingerprint density at radius 2 is 1.53 bits per heavy atom. The molecule has 0 bridgehead atoms. The number of rotatable bonds is 6. The molecule has 0 saturated heterocycles. The van der Waals surface area contributed by atoms with Crippen molar-refractivity contribution in [2.45, 2.75) is 25.5 Å². The second kappa shape index (κ2) is 10.1. The summed E-state index contributed by atoms with van der Waals surface area (Å²) in [6.07, 6.45) is 5.25. The Bertz CT molecular complexity index is 1330. The van der Waals surface area contributed by atoms with Crippen LogP contribution in [0.2, 0.25) is 0 Å². The van der Waals surface area contributed by atoms with Gasteiger partial charge in [-0.15, -0.1) is 11.8 Å². The van der Waals surface area contributed by atoms with E-state index in [0.29, 0.717) is 0 Å². The van der Waals surface area contributed by atoms with E-state index in [9.17, 15) is 0 Å². The average molecular weight is 462 g/mol. The highest BCUT2D eigenvalue weighted by Gasteiger charge is 2.26. The summed E-state index contributed by atoms with van der Waals surface area (Å²) in [5.74, 6) is 0. The zero-order chi connectivity index (χ0) is 23.3. The lowest BCUT2D eigenvalue weighted by Crippen LogP contribution is -2.08. The van der Waals surface area contributed by atoms with E-state index in [4.69, 9.17) is 4.99 Å². The van der Waals surface area contributed by atoms with Gasteiger partial charge >= 0.3 is 0 Å². The maximum Gasteiger partial charge on any atom is 0.106 e. The molecule has 1 atom stereocenters. The summed E-state index contributed by atoms with van der Waals surface area (Å²) in [5, 5.41) is 7.58. The van der Waals surface area contributed by atoms with Crippen molar-refractivity contribution in [1.29, 1.82) is 0 Å². The Balaban J connectivity index is 1.63. The van der Waals surface area contributed by atoms with Crippen LogP contribution in [-0.4, -0.2) is 16.4 Å². The van der Waals surface area contributed by atoms with Crippen molar-refractivity contribution in [3.8, 4) is 0 Å². The van der Waals surface area contributed by atoms with Crippen molar-refractivity contribution in [2.24, 2.45) is 4.99 Å². The number of aryl methyl sites for hydroxylation is 2. The maximum atomic E-state index is 4.87. The average Bonchev–Trinajstić information content (AvgIpc) is 3.21. The number of aliphatic imine (C=N–C) groups is 1. The van der Waals surface area contributed by atoms with E-state index in [1.54, 1.807) is 0 Å². The van der Waals surface area contributed by atoms with E-state index in [1.165, 1.54) is 27.2 Å². The van der Waals surface area contributed by atoms with Gasteiger partial charge in [0.25, 0.3) is 0 Å². The highest BCUT2D eigenvalue weighted by atomic mass is 32.2. The van der Waals surface area contributed by atoms with Gasteiger partial charge in [0.05, 0.1) is 16.6 Å². The van der Waals surface area contributed by atoms with Gasteiger partial charge in [0, 0.05) is 16.7 Å². The van der Waals surface area contributed by atoms with Gasteiger partial charge in [0.2, 0.25) is 0 Å². The van der Waals surface area contributed by atoms with Crippen molar-refractivity contribution in [2.75, 3.05) is 0 Å². The second-order valence-electron chi connectivity index (χ2n) is 8.48. The molecule has 3 aromatic carbocycles. The third kappa shape index (κ3) is 4.82. The summed E-state index contributed by atoms with van der Waals surface area (Å²) in [5.41, 5.74) is 9.17. The van der Waals surface area contributed by atoms with Crippen LogP contribution in [0.25, 0.3) is 4.91 Å². The zero-order valence-corrected chi connectivity index (χ0v) is 20.2. The van der Waals surface area contributed by atoms with Crippen molar-refractivity contribution in [1.82, 2.24) is 10.2 Å². The molecule has 0 fully saturated rings. The number of hydrogen-bond donors (Lipinski definition) is 1. The first-order valence-corrected chi connectivity index (χ1v) is 12.4. The summed E-state index contributed by atoms with van der Waals surface area (Å²) in [6, 6.07) is 32.1. The molecule has 5 rings (SSSR count). The Hall–Kier alpha value is -3.63. The largest absolute Gasteiger partial charge is 0.280 e. The number of nitrogens with zero attached hydrogens (tertiary/aromatic N) is 2. The summed E-state index contributed by atoms with van der Waals surface area (Å²) >= 11 is 1.92. The SMILES string of the molecule is Cc1n[nH]c(C)c1N=CC1=C(c2ccccc2)S[C@H](c2ccccc2)C(Cc2ccccc2)=C1. The van der Waals surface area contributed by atoms with Gasteiger partial charge in [0.1, 0.15) is 5.69 Å². The third-order valence-corrected chi connectivity index (χ3v) is 7.50. The number of hydrogen-bond acceptors (Lipinski definition) is 3. The molecule has 1 aliphatic heterocycles. The fourth-order valence-electron chi connectivity index (χ4n) is 4.28. The van der Waals surface area contributed by atoms with Crippen molar-refractivity contribution < 1.29 is 0 Å². The molecule has 3 nitrogen and oxygen atoms in total. The van der Waals surface area contributed by atoms with E-state index in [-0.39, 0.29) is 5.25 Å². The third-order valence-electron chi connectivity index (χ3n) is 5.99. The molecular formula is C30H27N3S. The van der Waals surface area contributed by atoms with E-state index in [2.05, 4.69) is 107 Å². The molecule has 0 radical (unpaired) electrons. The van der Waals surface area contributed by atoms with E-state index >= 15 is 0 Å². The van der Waals surface area contributed by atoms with Crippen molar-refractivity contribution in [3.63, 3.8) is 0 Å². The Labute approximate surface area is 205 Å². The van der Waals surface area contributed by atoms with Gasteiger partial charge in [-0.3, -0.25) is 10.1 Å². The summed E-state index contributed by atoms with van der Waals surface area (Å²) in [4.78, 5) is 6.11. The van der Waals surface area contributed by atoms with Crippen molar-refractivity contribution in [3.05, 3.63) is 136 Å². The Morgan fingerprint density at radius 3 is 2.18 bits per heavy atom. The van der Waals surface area contributed by atoms with Crippen LogP contribution < -0.4 is 0 Å². The van der Waals surface area contributed by atoms with Gasteiger partial charge in [-0.1, -0.05) is 97.1 Å². The van der Waals surface area contributed by atoms with E-state index in [1.807, 2.05) is 31.8 Å². The molecule has 168 valence electrons. The number of benzene rings is 3. The minimum absolute atomic E-state index is 0.242. The monoisotopic (exact) mass is 461 g/mol. The first-order chi connectivity index (χ1) is 16.7. The molecule has 2 heterocycles. The molecule has 1 N–H and O–H groups in total.